The van der Waals surface area contributed by atoms with E-state index in [1.165, 1.54) is 19.3 Å². The first-order valence-corrected chi connectivity index (χ1v) is 5.60. The number of hydrogen-bond acceptors (Lipinski definition) is 1. The molecule has 2 aliphatic carbocycles. The Bertz CT molecular complexity index is 217. The SMILES string of the molecule is CC1(C)CCC([C@H]2[C@H](N)C2(C)C)C1. The highest BCUT2D eigenvalue weighted by molar-refractivity contribution is 5.12. The van der Waals surface area contributed by atoms with Gasteiger partial charge in [0.25, 0.3) is 0 Å². The average molecular weight is 181 g/mol. The predicted octanol–water partition coefficient (Wildman–Crippen LogP) is 2.80. The van der Waals surface area contributed by atoms with E-state index in [4.69, 9.17) is 5.73 Å². The third-order valence-electron chi connectivity index (χ3n) is 4.51. The summed E-state index contributed by atoms with van der Waals surface area (Å²) in [7, 11) is 0. The summed E-state index contributed by atoms with van der Waals surface area (Å²) in [5, 5.41) is 0. The van der Waals surface area contributed by atoms with Crippen molar-refractivity contribution in [1.82, 2.24) is 0 Å². The molecule has 0 heterocycles. The highest BCUT2D eigenvalue weighted by Crippen LogP contribution is 2.60. The maximum absolute atomic E-state index is 6.11. The molecule has 0 saturated heterocycles. The Morgan fingerprint density at radius 3 is 2.00 bits per heavy atom. The molecule has 0 amide bonds. The van der Waals surface area contributed by atoms with Crippen LogP contribution in [0.1, 0.15) is 47.0 Å². The van der Waals surface area contributed by atoms with Crippen molar-refractivity contribution in [3.8, 4) is 0 Å². The van der Waals surface area contributed by atoms with Crippen molar-refractivity contribution in [2.24, 2.45) is 28.4 Å². The average Bonchev–Trinajstić information content (AvgIpc) is 2.37. The van der Waals surface area contributed by atoms with Crippen molar-refractivity contribution in [1.29, 1.82) is 0 Å². The second-order valence-corrected chi connectivity index (χ2v) is 6.54. The van der Waals surface area contributed by atoms with E-state index in [-0.39, 0.29) is 0 Å². The third kappa shape index (κ3) is 1.41. The lowest BCUT2D eigenvalue weighted by molar-refractivity contribution is 0.329. The van der Waals surface area contributed by atoms with Crippen molar-refractivity contribution < 1.29 is 0 Å². The predicted molar refractivity (Wildman–Crippen MR) is 56.4 cm³/mol. The minimum Gasteiger partial charge on any atom is -0.327 e. The second kappa shape index (κ2) is 2.50. The lowest BCUT2D eigenvalue weighted by Gasteiger charge is -2.17. The van der Waals surface area contributed by atoms with E-state index >= 15 is 0 Å². The smallest absolute Gasteiger partial charge is 0.0130 e. The van der Waals surface area contributed by atoms with Crippen LogP contribution in [-0.2, 0) is 0 Å². The van der Waals surface area contributed by atoms with Gasteiger partial charge in [-0.3, -0.25) is 0 Å². The standard InChI is InChI=1S/C12H23N/c1-11(2)6-5-8(7-11)9-10(13)12(9,3)4/h8-10H,5-7,13H2,1-4H3/t8?,9-,10-/m0/s1. The minimum absolute atomic E-state index is 0.436. The molecule has 1 unspecified atom stereocenters. The van der Waals surface area contributed by atoms with Gasteiger partial charge in [0.05, 0.1) is 0 Å². The largest absolute Gasteiger partial charge is 0.327 e. The first-order chi connectivity index (χ1) is 5.84. The molecule has 2 saturated carbocycles. The molecule has 0 aromatic heterocycles. The van der Waals surface area contributed by atoms with E-state index in [1.54, 1.807) is 0 Å². The topological polar surface area (TPSA) is 26.0 Å². The maximum atomic E-state index is 6.11. The maximum Gasteiger partial charge on any atom is 0.0130 e. The zero-order valence-corrected chi connectivity index (χ0v) is 9.43. The first kappa shape index (κ1) is 9.51. The van der Waals surface area contributed by atoms with Gasteiger partial charge >= 0.3 is 0 Å². The van der Waals surface area contributed by atoms with Crippen molar-refractivity contribution >= 4 is 0 Å². The molecular weight excluding hydrogens is 158 g/mol. The van der Waals surface area contributed by atoms with Crippen LogP contribution in [0.3, 0.4) is 0 Å². The van der Waals surface area contributed by atoms with E-state index in [1.807, 2.05) is 0 Å². The molecule has 2 fully saturated rings. The Balaban J connectivity index is 1.99. The van der Waals surface area contributed by atoms with Crippen molar-refractivity contribution in [2.45, 2.75) is 53.0 Å². The summed E-state index contributed by atoms with van der Waals surface area (Å²) in [5.41, 5.74) is 7.13. The summed E-state index contributed by atoms with van der Waals surface area (Å²) >= 11 is 0. The van der Waals surface area contributed by atoms with Crippen LogP contribution in [0.4, 0.5) is 0 Å². The number of hydrogen-bond donors (Lipinski definition) is 1. The molecule has 0 spiro atoms. The van der Waals surface area contributed by atoms with E-state index in [9.17, 15) is 0 Å². The first-order valence-electron chi connectivity index (χ1n) is 5.60. The molecule has 76 valence electrons. The lowest BCUT2D eigenvalue weighted by Crippen LogP contribution is -2.10. The van der Waals surface area contributed by atoms with Gasteiger partial charge < -0.3 is 5.73 Å². The summed E-state index contributed by atoms with van der Waals surface area (Å²) in [6.07, 6.45) is 4.21. The summed E-state index contributed by atoms with van der Waals surface area (Å²) in [6, 6.07) is 0.478. The Morgan fingerprint density at radius 2 is 1.69 bits per heavy atom. The Labute approximate surface area is 82.1 Å². The number of rotatable bonds is 1. The van der Waals surface area contributed by atoms with E-state index in [2.05, 4.69) is 27.7 Å². The molecule has 0 radical (unpaired) electrons. The van der Waals surface area contributed by atoms with E-state index in [0.29, 0.717) is 16.9 Å². The quantitative estimate of drug-likeness (QED) is 0.661. The fourth-order valence-corrected chi connectivity index (χ4v) is 3.42. The van der Waals surface area contributed by atoms with Crippen LogP contribution in [0, 0.1) is 22.7 Å². The second-order valence-electron chi connectivity index (χ2n) is 6.54. The van der Waals surface area contributed by atoms with Crippen LogP contribution in [0.25, 0.3) is 0 Å². The summed E-state index contributed by atoms with van der Waals surface area (Å²) in [4.78, 5) is 0. The molecule has 1 nitrogen and oxygen atoms in total. The monoisotopic (exact) mass is 181 g/mol. The summed E-state index contributed by atoms with van der Waals surface area (Å²) in [6.45, 7) is 9.45. The fraction of sp³-hybridized carbons (Fsp3) is 1.00. The molecule has 2 aliphatic rings. The normalized spacial score (nSPS) is 46.4. The highest BCUT2D eigenvalue weighted by Gasteiger charge is 2.59. The summed E-state index contributed by atoms with van der Waals surface area (Å²) in [5.74, 6) is 1.73. The zero-order chi connectivity index (χ0) is 9.85. The van der Waals surface area contributed by atoms with Gasteiger partial charge in [0.1, 0.15) is 0 Å². The van der Waals surface area contributed by atoms with Gasteiger partial charge in [-0.25, -0.2) is 0 Å². The van der Waals surface area contributed by atoms with Crippen LogP contribution >= 0.6 is 0 Å². The molecule has 0 aliphatic heterocycles. The summed E-state index contributed by atoms with van der Waals surface area (Å²) < 4.78 is 0. The molecular formula is C12H23N. The van der Waals surface area contributed by atoms with Gasteiger partial charge in [0.15, 0.2) is 0 Å². The molecule has 1 heteroatoms. The van der Waals surface area contributed by atoms with Crippen LogP contribution in [0.5, 0.6) is 0 Å². The minimum atomic E-state index is 0.436. The van der Waals surface area contributed by atoms with E-state index < -0.39 is 0 Å². The highest BCUT2D eigenvalue weighted by atomic mass is 14.9. The van der Waals surface area contributed by atoms with Crippen LogP contribution < -0.4 is 5.73 Å². The molecule has 2 N–H and O–H groups in total. The van der Waals surface area contributed by atoms with Gasteiger partial charge in [-0.15, -0.1) is 0 Å². The van der Waals surface area contributed by atoms with Gasteiger partial charge in [-0.1, -0.05) is 27.7 Å². The van der Waals surface area contributed by atoms with Gasteiger partial charge in [-0.2, -0.15) is 0 Å². The molecule has 0 aromatic rings. The molecule has 2 rings (SSSR count). The number of nitrogens with two attached hydrogens (primary N) is 1. The Kier molecular flexibility index (Phi) is 1.83. The van der Waals surface area contributed by atoms with Crippen molar-refractivity contribution in [3.05, 3.63) is 0 Å². The fourth-order valence-electron chi connectivity index (χ4n) is 3.42. The van der Waals surface area contributed by atoms with Crippen molar-refractivity contribution in [2.75, 3.05) is 0 Å². The molecule has 0 bridgehead atoms. The van der Waals surface area contributed by atoms with Crippen LogP contribution in [-0.4, -0.2) is 6.04 Å². The van der Waals surface area contributed by atoms with Crippen LogP contribution in [0.15, 0.2) is 0 Å². The Morgan fingerprint density at radius 1 is 1.15 bits per heavy atom. The zero-order valence-electron chi connectivity index (χ0n) is 9.43. The lowest BCUT2D eigenvalue weighted by atomic mass is 9.88. The van der Waals surface area contributed by atoms with Crippen LogP contribution in [0.2, 0.25) is 0 Å². The van der Waals surface area contributed by atoms with E-state index in [0.717, 1.165) is 11.8 Å². The molecule has 3 atom stereocenters. The molecule has 0 aromatic carbocycles. The van der Waals surface area contributed by atoms with Crippen molar-refractivity contribution in [3.63, 3.8) is 0 Å². The third-order valence-corrected chi connectivity index (χ3v) is 4.51. The van der Waals surface area contributed by atoms with Gasteiger partial charge in [-0.05, 0) is 41.9 Å². The van der Waals surface area contributed by atoms with Gasteiger partial charge in [0, 0.05) is 6.04 Å². The van der Waals surface area contributed by atoms with Gasteiger partial charge in [0.2, 0.25) is 0 Å². The molecule has 13 heavy (non-hydrogen) atoms. The Hall–Kier alpha value is -0.0400.